The highest BCUT2D eigenvalue weighted by molar-refractivity contribution is 6.20. The molecule has 0 saturated carbocycles. The highest BCUT2D eigenvalue weighted by Crippen LogP contribution is 2.14. The number of hydrogen-bond acceptors (Lipinski definition) is 18. The number of hydrogen-bond donors (Lipinski definition) is 7. The summed E-state index contributed by atoms with van der Waals surface area (Å²) in [5, 5.41) is 27.4. The van der Waals surface area contributed by atoms with Crippen LogP contribution in [0.4, 0.5) is 0 Å². The van der Waals surface area contributed by atoms with E-state index in [0.717, 1.165) is 4.90 Å². The van der Waals surface area contributed by atoms with Gasteiger partial charge in [-0.2, -0.15) is 0 Å². The number of carboxylic acid groups (broad SMARTS) is 1. The minimum atomic E-state index is -1.47. The molecule has 386 valence electrons. The van der Waals surface area contributed by atoms with Gasteiger partial charge < -0.3 is 80.1 Å². The van der Waals surface area contributed by atoms with E-state index in [0.29, 0.717) is 124 Å². The Kier molecular flexibility index (Phi) is 31.9. The van der Waals surface area contributed by atoms with Crippen molar-refractivity contribution in [1.82, 2.24) is 26.2 Å². The van der Waals surface area contributed by atoms with E-state index >= 15 is 0 Å². The molecule has 69 heavy (non-hydrogen) atoms. The van der Waals surface area contributed by atoms with E-state index in [9.17, 15) is 38.7 Å². The average molecular weight is 980 g/mol. The first kappa shape index (κ1) is 59.3. The Morgan fingerprint density at radius 1 is 0.652 bits per heavy atom. The second-order valence-corrected chi connectivity index (χ2v) is 14.7. The normalized spacial score (nSPS) is 12.9. The number of aliphatic carboxylic acids is 1. The Morgan fingerprint density at radius 3 is 1.62 bits per heavy atom. The van der Waals surface area contributed by atoms with Crippen LogP contribution < -0.4 is 31.7 Å². The number of allylic oxidation sites excluding steroid dienone is 1. The second-order valence-electron chi connectivity index (χ2n) is 14.7. The molecular weight excluding hydrogens is 911 g/mol. The summed E-state index contributed by atoms with van der Waals surface area (Å²) in [6.45, 7) is 9.40. The maximum Gasteiger partial charge on any atom is 0.328 e. The summed E-state index contributed by atoms with van der Waals surface area (Å²) in [6.07, 6.45) is 3.07. The fourth-order valence-corrected chi connectivity index (χ4v) is 5.70. The maximum absolute atomic E-state index is 12.7. The summed E-state index contributed by atoms with van der Waals surface area (Å²) < 4.78 is 49.3. The van der Waals surface area contributed by atoms with Crippen LogP contribution in [0.25, 0.3) is 0 Å². The zero-order chi connectivity index (χ0) is 50.5. The zero-order valence-electron chi connectivity index (χ0n) is 39.5. The van der Waals surface area contributed by atoms with Crippen LogP contribution in [0.1, 0.15) is 43.5 Å². The number of carboxylic acids is 1. The van der Waals surface area contributed by atoms with Gasteiger partial charge in [0.15, 0.2) is 0 Å². The molecule has 1 aromatic rings. The van der Waals surface area contributed by atoms with Gasteiger partial charge in [-0.05, 0) is 38.5 Å². The lowest BCUT2D eigenvalue weighted by molar-refractivity contribution is -0.141. The van der Waals surface area contributed by atoms with Crippen molar-refractivity contribution in [3.63, 3.8) is 0 Å². The molecule has 0 radical (unpaired) electrons. The fraction of sp³-hybridized carbons (Fsp3) is 0.600. The molecule has 8 N–H and O–H groups in total. The van der Waals surface area contributed by atoms with E-state index in [1.165, 1.54) is 38.1 Å². The van der Waals surface area contributed by atoms with E-state index in [2.05, 4.69) is 21.3 Å². The van der Waals surface area contributed by atoms with Crippen molar-refractivity contribution in [1.29, 1.82) is 5.41 Å². The molecule has 1 heterocycles. The predicted octanol–water partition coefficient (Wildman–Crippen LogP) is -0.903. The lowest BCUT2D eigenvalue weighted by Gasteiger charge is -2.17. The molecular formula is C45H69N7O17. The molecule has 1 atom stereocenters. The van der Waals surface area contributed by atoms with Gasteiger partial charge in [0.1, 0.15) is 11.8 Å². The lowest BCUT2D eigenvalue weighted by Crippen LogP contribution is -2.49. The number of rotatable bonds is 42. The third kappa shape index (κ3) is 28.3. The van der Waals surface area contributed by atoms with Gasteiger partial charge in [0.2, 0.25) is 11.8 Å². The maximum atomic E-state index is 12.7. The standard InChI is InChI=1S/C45H69N7O17/c1-33(46)42(34(2)47)44(58)51-37(45(59)60)32-50-43(57)35-5-3-6-36(31-35)69-14-4-11-48-39(54)10-15-61-17-19-63-21-23-65-25-27-67-29-30-68-28-26-66-24-22-64-20-18-62-16-12-49-38(53)9-13-52-40(55)7-8-41(52)56/h3,5-8,31,37,46H,4,9-30,32,47H2,1-2H3,(H,48,54)(H,49,53)(H,50,57)(H,51,58)(H,59,60)/b42-34+,46-33?/t37-/m0/s1. The van der Waals surface area contributed by atoms with Crippen molar-refractivity contribution in [3.05, 3.63) is 53.3 Å². The van der Waals surface area contributed by atoms with Crippen molar-refractivity contribution >= 4 is 47.1 Å². The molecule has 0 aliphatic carbocycles. The number of nitrogens with one attached hydrogen (secondary N) is 5. The Bertz CT molecular complexity index is 1810. The third-order valence-corrected chi connectivity index (χ3v) is 9.18. The van der Waals surface area contributed by atoms with Crippen LogP contribution in [0.5, 0.6) is 5.75 Å². The smallest absolute Gasteiger partial charge is 0.328 e. The first-order chi connectivity index (χ1) is 33.3. The van der Waals surface area contributed by atoms with Crippen LogP contribution >= 0.6 is 0 Å². The van der Waals surface area contributed by atoms with Crippen LogP contribution in [-0.4, -0.2) is 202 Å². The number of nitrogens with two attached hydrogens (primary N) is 1. The molecule has 6 amide bonds. The largest absolute Gasteiger partial charge is 0.494 e. The highest BCUT2D eigenvalue weighted by Gasteiger charge is 2.25. The molecule has 1 aliphatic rings. The quantitative estimate of drug-likeness (QED) is 0.0181. The monoisotopic (exact) mass is 979 g/mol. The van der Waals surface area contributed by atoms with Crippen LogP contribution in [0, 0.1) is 5.41 Å². The van der Waals surface area contributed by atoms with Crippen LogP contribution in [-0.2, 0) is 66.7 Å². The molecule has 2 rings (SSSR count). The molecule has 1 aliphatic heterocycles. The van der Waals surface area contributed by atoms with Crippen molar-refractivity contribution in [2.75, 3.05) is 138 Å². The SMILES string of the molecule is CC(=N)/C(C(=O)N[C@@H](CNC(=O)c1cccc(OCCCNC(=O)CCOCCOCCOCCOCCOCCOCCOCCOCCNC(=O)CCN2C(=O)C=CC2=O)c1)C(=O)O)=C(/C)N. The Hall–Kier alpha value is -5.86. The summed E-state index contributed by atoms with van der Waals surface area (Å²) in [7, 11) is 0. The minimum absolute atomic E-state index is 0.0335. The number of imide groups is 1. The number of amides is 6. The number of carbonyl (C=O) groups is 7. The van der Waals surface area contributed by atoms with Gasteiger partial charge in [-0.15, -0.1) is 0 Å². The Labute approximate surface area is 401 Å². The predicted molar refractivity (Wildman–Crippen MR) is 246 cm³/mol. The zero-order valence-corrected chi connectivity index (χ0v) is 39.5. The number of benzene rings is 1. The Morgan fingerprint density at radius 2 is 1.13 bits per heavy atom. The molecule has 24 nitrogen and oxygen atoms in total. The summed E-state index contributed by atoms with van der Waals surface area (Å²) in [6, 6.07) is 4.79. The molecule has 0 spiro atoms. The van der Waals surface area contributed by atoms with Gasteiger partial charge >= 0.3 is 5.97 Å². The fourth-order valence-electron chi connectivity index (χ4n) is 5.70. The molecule has 24 heteroatoms. The molecule has 0 aromatic heterocycles. The van der Waals surface area contributed by atoms with Crippen LogP contribution in [0.15, 0.2) is 47.7 Å². The van der Waals surface area contributed by atoms with Gasteiger partial charge in [0.05, 0.1) is 118 Å². The average Bonchev–Trinajstić information content (AvgIpc) is 3.64. The van der Waals surface area contributed by atoms with E-state index in [-0.39, 0.29) is 67.0 Å². The van der Waals surface area contributed by atoms with Gasteiger partial charge in [-0.25, -0.2) is 4.79 Å². The summed E-state index contributed by atoms with van der Waals surface area (Å²) in [5.41, 5.74) is 5.65. The van der Waals surface area contributed by atoms with Crippen molar-refractivity contribution < 1.29 is 81.3 Å². The van der Waals surface area contributed by atoms with Gasteiger partial charge in [-0.3, -0.25) is 33.7 Å². The van der Waals surface area contributed by atoms with Crippen LogP contribution in [0.3, 0.4) is 0 Å². The van der Waals surface area contributed by atoms with Crippen molar-refractivity contribution in [2.24, 2.45) is 5.73 Å². The second kappa shape index (κ2) is 37.1. The number of nitrogens with zero attached hydrogens (tertiary/aromatic N) is 1. The van der Waals surface area contributed by atoms with E-state index in [1.807, 2.05) is 0 Å². The number of ether oxygens (including phenoxy) is 9. The topological polar surface area (TPSA) is 324 Å². The van der Waals surface area contributed by atoms with Gasteiger partial charge in [0, 0.05) is 68.1 Å². The highest BCUT2D eigenvalue weighted by atomic mass is 16.6. The van der Waals surface area contributed by atoms with Gasteiger partial charge in [-0.1, -0.05) is 6.07 Å². The van der Waals surface area contributed by atoms with Gasteiger partial charge in [0.25, 0.3) is 23.6 Å². The van der Waals surface area contributed by atoms with Crippen molar-refractivity contribution in [2.45, 2.75) is 39.2 Å². The lowest BCUT2D eigenvalue weighted by atomic mass is 10.1. The van der Waals surface area contributed by atoms with E-state index in [1.54, 1.807) is 12.1 Å². The first-order valence-electron chi connectivity index (χ1n) is 22.6. The summed E-state index contributed by atoms with van der Waals surface area (Å²) >= 11 is 0. The van der Waals surface area contributed by atoms with Crippen LogP contribution in [0.2, 0.25) is 0 Å². The van der Waals surface area contributed by atoms with Crippen molar-refractivity contribution in [3.8, 4) is 5.75 Å². The summed E-state index contributed by atoms with van der Waals surface area (Å²) in [5.74, 6) is -3.68. The molecule has 0 saturated heterocycles. The Balaban J connectivity index is 1.31. The van der Waals surface area contributed by atoms with E-state index in [4.69, 9.17) is 53.8 Å². The molecule has 0 fully saturated rings. The molecule has 0 bridgehead atoms. The summed E-state index contributed by atoms with van der Waals surface area (Å²) in [4.78, 5) is 84.8. The molecule has 0 unspecified atom stereocenters. The van der Waals surface area contributed by atoms with E-state index < -0.39 is 42.2 Å². The number of carbonyl (C=O) groups excluding carboxylic acids is 6. The first-order valence-corrected chi connectivity index (χ1v) is 22.6. The molecule has 1 aromatic carbocycles. The third-order valence-electron chi connectivity index (χ3n) is 9.18. The minimum Gasteiger partial charge on any atom is -0.494 e.